The Hall–Kier alpha value is -0.865. The first-order valence-electron chi connectivity index (χ1n) is 5.86. The number of hydrogen-bond donors (Lipinski definition) is 0. The molecule has 1 saturated heterocycles. The summed E-state index contributed by atoms with van der Waals surface area (Å²) < 4.78 is 24.2. The van der Waals surface area contributed by atoms with E-state index in [4.69, 9.17) is 9.31 Å². The maximum Gasteiger partial charge on any atom is 0.494 e. The van der Waals surface area contributed by atoms with Gasteiger partial charge in [0.05, 0.1) is 11.2 Å². The molecule has 0 spiro atoms. The van der Waals surface area contributed by atoms with Crippen LogP contribution in [0.5, 0.6) is 0 Å². The second-order valence-corrected chi connectivity index (χ2v) is 5.46. The summed E-state index contributed by atoms with van der Waals surface area (Å²) in [6, 6.07) is 7.24. The molecule has 1 fully saturated rings. The Bertz CT molecular complexity index is 384. The first-order valence-corrected chi connectivity index (χ1v) is 5.86. The summed E-state index contributed by atoms with van der Waals surface area (Å²) in [4.78, 5) is 0. The molecule has 1 aromatic rings. The summed E-state index contributed by atoms with van der Waals surface area (Å²) in [5, 5.41) is 0. The third-order valence-electron chi connectivity index (χ3n) is 3.66. The van der Waals surface area contributed by atoms with Gasteiger partial charge in [0.1, 0.15) is 6.67 Å². The van der Waals surface area contributed by atoms with Gasteiger partial charge < -0.3 is 9.31 Å². The molecule has 0 radical (unpaired) electrons. The van der Waals surface area contributed by atoms with Crippen molar-refractivity contribution in [3.63, 3.8) is 0 Å². The van der Waals surface area contributed by atoms with Gasteiger partial charge in [0.2, 0.25) is 0 Å². The maximum atomic E-state index is 12.4. The van der Waals surface area contributed by atoms with Gasteiger partial charge in [-0.1, -0.05) is 24.3 Å². The van der Waals surface area contributed by atoms with Crippen LogP contribution in [0, 0.1) is 0 Å². The number of benzene rings is 1. The quantitative estimate of drug-likeness (QED) is 0.734. The highest BCUT2D eigenvalue weighted by Gasteiger charge is 2.51. The van der Waals surface area contributed by atoms with E-state index < -0.39 is 6.67 Å². The lowest BCUT2D eigenvalue weighted by atomic mass is 9.79. The molecule has 0 unspecified atom stereocenters. The van der Waals surface area contributed by atoms with Crippen molar-refractivity contribution in [2.75, 3.05) is 0 Å². The molecule has 2 nitrogen and oxygen atoms in total. The van der Waals surface area contributed by atoms with Gasteiger partial charge in [-0.05, 0) is 38.7 Å². The first-order chi connectivity index (χ1) is 7.86. The largest absolute Gasteiger partial charge is 0.494 e. The van der Waals surface area contributed by atoms with Crippen LogP contribution in [0.15, 0.2) is 24.3 Å². The van der Waals surface area contributed by atoms with Crippen LogP contribution in [-0.2, 0) is 16.0 Å². The molecule has 1 heterocycles. The Morgan fingerprint density at radius 2 is 1.47 bits per heavy atom. The minimum Gasteiger partial charge on any atom is -0.399 e. The Morgan fingerprint density at radius 1 is 1.00 bits per heavy atom. The van der Waals surface area contributed by atoms with Crippen molar-refractivity contribution in [3.8, 4) is 0 Å². The highest BCUT2D eigenvalue weighted by molar-refractivity contribution is 6.62. The number of rotatable bonds is 2. The summed E-state index contributed by atoms with van der Waals surface area (Å²) in [6.07, 6.45) is 0. The van der Waals surface area contributed by atoms with Crippen LogP contribution in [-0.4, -0.2) is 18.3 Å². The van der Waals surface area contributed by atoms with Gasteiger partial charge in [0.25, 0.3) is 0 Å². The van der Waals surface area contributed by atoms with E-state index in [9.17, 15) is 4.39 Å². The highest BCUT2D eigenvalue weighted by Crippen LogP contribution is 2.36. The zero-order valence-electron chi connectivity index (χ0n) is 10.8. The minimum atomic E-state index is -0.441. The molecule has 0 N–H and O–H groups in total. The lowest BCUT2D eigenvalue weighted by molar-refractivity contribution is 0.00578. The Balaban J connectivity index is 2.20. The molecule has 0 aromatic heterocycles. The van der Waals surface area contributed by atoms with Gasteiger partial charge in [-0.25, -0.2) is 4.39 Å². The van der Waals surface area contributed by atoms with E-state index in [2.05, 4.69) is 0 Å². The minimum absolute atomic E-state index is 0.337. The standard InChI is InChI=1S/C13H18BFO2/c1-12(2)13(3,4)17-14(16-12)11-7-5-10(9-15)6-8-11/h5-8H,9H2,1-4H3. The van der Waals surface area contributed by atoms with Crippen molar-refractivity contribution < 1.29 is 13.7 Å². The van der Waals surface area contributed by atoms with Crippen molar-refractivity contribution in [1.29, 1.82) is 0 Å². The number of alkyl halides is 1. The maximum absolute atomic E-state index is 12.4. The fraction of sp³-hybridized carbons (Fsp3) is 0.538. The Kier molecular flexibility index (Phi) is 3.04. The normalized spacial score (nSPS) is 21.8. The third-order valence-corrected chi connectivity index (χ3v) is 3.66. The predicted octanol–water partition coefficient (Wildman–Crippen LogP) is 2.46. The van der Waals surface area contributed by atoms with Crippen LogP contribution in [0.3, 0.4) is 0 Å². The van der Waals surface area contributed by atoms with Crippen molar-refractivity contribution in [3.05, 3.63) is 29.8 Å². The third kappa shape index (κ3) is 2.24. The van der Waals surface area contributed by atoms with Crippen LogP contribution in [0.4, 0.5) is 4.39 Å². The van der Waals surface area contributed by atoms with Crippen LogP contribution in [0.2, 0.25) is 0 Å². The summed E-state index contributed by atoms with van der Waals surface area (Å²) in [7, 11) is -0.367. The average Bonchev–Trinajstić information content (AvgIpc) is 2.48. The fourth-order valence-corrected chi connectivity index (χ4v) is 1.74. The van der Waals surface area contributed by atoms with E-state index in [-0.39, 0.29) is 18.3 Å². The SMILES string of the molecule is CC1(C)OB(c2ccc(CF)cc2)OC1(C)C. The first kappa shape index (κ1) is 12.6. The molecule has 1 aliphatic rings. The Morgan fingerprint density at radius 3 is 1.88 bits per heavy atom. The molecule has 0 aliphatic carbocycles. The van der Waals surface area contributed by atoms with Crippen LogP contribution >= 0.6 is 0 Å². The van der Waals surface area contributed by atoms with Crippen molar-refractivity contribution in [2.45, 2.75) is 45.6 Å². The van der Waals surface area contributed by atoms with Gasteiger partial charge in [-0.15, -0.1) is 0 Å². The predicted molar refractivity (Wildman–Crippen MR) is 67.0 cm³/mol. The van der Waals surface area contributed by atoms with Crippen molar-refractivity contribution >= 4 is 12.6 Å². The van der Waals surface area contributed by atoms with Gasteiger partial charge in [-0.3, -0.25) is 0 Å². The zero-order chi connectivity index (χ0) is 12.7. The molecule has 17 heavy (non-hydrogen) atoms. The van der Waals surface area contributed by atoms with E-state index in [1.807, 2.05) is 39.8 Å². The van der Waals surface area contributed by atoms with Crippen molar-refractivity contribution in [1.82, 2.24) is 0 Å². The molecule has 1 aromatic carbocycles. The molecule has 1 aliphatic heterocycles. The van der Waals surface area contributed by atoms with E-state index in [0.717, 1.165) is 5.46 Å². The van der Waals surface area contributed by atoms with Crippen LogP contribution in [0.25, 0.3) is 0 Å². The van der Waals surface area contributed by atoms with Crippen molar-refractivity contribution in [2.24, 2.45) is 0 Å². The van der Waals surface area contributed by atoms with Crippen LogP contribution < -0.4 is 5.46 Å². The summed E-state index contributed by atoms with van der Waals surface area (Å²) in [6.45, 7) is 7.63. The molecular weight excluding hydrogens is 218 g/mol. The number of hydrogen-bond acceptors (Lipinski definition) is 2. The lowest BCUT2D eigenvalue weighted by Gasteiger charge is -2.32. The molecule has 2 rings (SSSR count). The van der Waals surface area contributed by atoms with E-state index >= 15 is 0 Å². The zero-order valence-corrected chi connectivity index (χ0v) is 10.8. The smallest absolute Gasteiger partial charge is 0.399 e. The Labute approximate surface area is 102 Å². The summed E-state index contributed by atoms with van der Waals surface area (Å²) in [5.41, 5.74) is 0.929. The topological polar surface area (TPSA) is 18.5 Å². The second-order valence-electron chi connectivity index (χ2n) is 5.46. The molecular formula is C13H18BFO2. The van der Waals surface area contributed by atoms with Gasteiger partial charge in [0, 0.05) is 0 Å². The monoisotopic (exact) mass is 236 g/mol. The molecule has 0 saturated carbocycles. The molecule has 0 amide bonds. The lowest BCUT2D eigenvalue weighted by Crippen LogP contribution is -2.41. The van der Waals surface area contributed by atoms with Gasteiger partial charge >= 0.3 is 7.12 Å². The van der Waals surface area contributed by atoms with Crippen LogP contribution in [0.1, 0.15) is 33.3 Å². The molecule has 0 atom stereocenters. The number of halogens is 1. The van der Waals surface area contributed by atoms with Gasteiger partial charge in [-0.2, -0.15) is 0 Å². The fourth-order valence-electron chi connectivity index (χ4n) is 1.74. The van der Waals surface area contributed by atoms with Gasteiger partial charge in [0.15, 0.2) is 0 Å². The van der Waals surface area contributed by atoms with E-state index in [1.54, 1.807) is 12.1 Å². The van der Waals surface area contributed by atoms with E-state index in [1.165, 1.54) is 0 Å². The summed E-state index contributed by atoms with van der Waals surface area (Å²) >= 11 is 0. The molecule has 0 bridgehead atoms. The van der Waals surface area contributed by atoms with E-state index in [0.29, 0.717) is 5.56 Å². The molecule has 92 valence electrons. The second kappa shape index (κ2) is 4.11. The molecule has 4 heteroatoms. The highest BCUT2D eigenvalue weighted by atomic mass is 19.1. The summed E-state index contributed by atoms with van der Waals surface area (Å²) in [5.74, 6) is 0. The average molecular weight is 236 g/mol.